The second kappa shape index (κ2) is 2.75. The number of aliphatic imine (C=N–C) groups is 1. The van der Waals surface area contributed by atoms with Gasteiger partial charge in [-0.1, -0.05) is 0 Å². The van der Waals surface area contributed by atoms with Crippen molar-refractivity contribution in [2.45, 2.75) is 6.92 Å². The molecule has 0 unspecified atom stereocenters. The Bertz CT molecular complexity index is 313. The van der Waals surface area contributed by atoms with Gasteiger partial charge < -0.3 is 4.74 Å². The molecule has 4 nitrogen and oxygen atoms in total. The molecule has 0 aromatic rings. The summed E-state index contributed by atoms with van der Waals surface area (Å²) in [5, 5.41) is 1.27. The maximum Gasteiger partial charge on any atom is 0.214 e. The molecule has 0 atom stereocenters. The molecule has 5 heteroatoms. The first-order valence-corrected chi connectivity index (χ1v) is 4.61. The molecule has 0 aliphatic carbocycles. The first kappa shape index (κ1) is 8.42. The van der Waals surface area contributed by atoms with Crippen LogP contribution in [0.1, 0.15) is 6.92 Å². The highest BCUT2D eigenvalue weighted by molar-refractivity contribution is 8.09. The van der Waals surface area contributed by atoms with Crippen molar-refractivity contribution in [1.82, 2.24) is 0 Å². The minimum atomic E-state index is -3.19. The quantitative estimate of drug-likeness (QED) is 0.607. The summed E-state index contributed by atoms with van der Waals surface area (Å²) < 4.78 is 26.7. The Morgan fingerprint density at radius 2 is 2.27 bits per heavy atom. The van der Waals surface area contributed by atoms with Crippen LogP contribution < -0.4 is 0 Å². The van der Waals surface area contributed by atoms with Crippen molar-refractivity contribution >= 4 is 14.9 Å². The summed E-state index contributed by atoms with van der Waals surface area (Å²) in [4.78, 5) is 3.80. The van der Waals surface area contributed by atoms with Gasteiger partial charge >= 0.3 is 0 Å². The largest absolute Gasteiger partial charge is 0.378 e. The van der Waals surface area contributed by atoms with E-state index in [1.165, 1.54) is 14.0 Å². The number of methoxy groups -OCH3 is 1. The Morgan fingerprint density at radius 3 is 2.64 bits per heavy atom. The number of ether oxygens (including phenoxy) is 1. The van der Waals surface area contributed by atoms with Crippen molar-refractivity contribution in [3.05, 3.63) is 11.1 Å². The lowest BCUT2D eigenvalue weighted by Crippen LogP contribution is -2.01. The molecule has 1 aliphatic rings. The van der Waals surface area contributed by atoms with E-state index in [-0.39, 0.29) is 11.7 Å². The molecule has 0 saturated heterocycles. The highest BCUT2D eigenvalue weighted by Crippen LogP contribution is 2.13. The van der Waals surface area contributed by atoms with Gasteiger partial charge in [-0.25, -0.2) is 13.4 Å². The van der Waals surface area contributed by atoms with Gasteiger partial charge in [0.1, 0.15) is 5.04 Å². The average Bonchev–Trinajstić information content (AvgIpc) is 2.08. The van der Waals surface area contributed by atoms with Crippen LogP contribution in [0.5, 0.6) is 0 Å². The van der Waals surface area contributed by atoms with Gasteiger partial charge in [0.15, 0.2) is 0 Å². The molecule has 1 rings (SSSR count). The number of sulfone groups is 1. The lowest BCUT2D eigenvalue weighted by Gasteiger charge is -1.91. The van der Waals surface area contributed by atoms with Crippen LogP contribution in [-0.4, -0.2) is 27.2 Å². The normalized spacial score (nSPS) is 21.3. The Hall–Kier alpha value is -0.680. The molecule has 0 saturated carbocycles. The van der Waals surface area contributed by atoms with Crippen LogP contribution >= 0.6 is 0 Å². The minimum Gasteiger partial charge on any atom is -0.378 e. The lowest BCUT2D eigenvalue weighted by atomic mass is 10.5. The smallest absolute Gasteiger partial charge is 0.214 e. The third kappa shape index (κ3) is 1.66. The van der Waals surface area contributed by atoms with Gasteiger partial charge in [0.05, 0.1) is 17.7 Å². The van der Waals surface area contributed by atoms with Crippen LogP contribution in [0, 0.1) is 0 Å². The number of hydrogen-bond donors (Lipinski definition) is 0. The van der Waals surface area contributed by atoms with Crippen LogP contribution in [0.15, 0.2) is 16.1 Å². The molecule has 0 N–H and O–H groups in total. The van der Waals surface area contributed by atoms with Gasteiger partial charge in [-0.2, -0.15) is 0 Å². The highest BCUT2D eigenvalue weighted by atomic mass is 32.2. The molecule has 1 heterocycles. The fourth-order valence-corrected chi connectivity index (χ4v) is 1.66. The van der Waals surface area contributed by atoms with Gasteiger partial charge in [0.25, 0.3) is 0 Å². The first-order chi connectivity index (χ1) is 5.06. The molecule has 0 amide bonds. The second-order valence-corrected chi connectivity index (χ2v) is 4.13. The van der Waals surface area contributed by atoms with Crippen molar-refractivity contribution in [1.29, 1.82) is 0 Å². The highest BCUT2D eigenvalue weighted by Gasteiger charge is 2.19. The van der Waals surface area contributed by atoms with Crippen molar-refractivity contribution in [3.8, 4) is 0 Å². The molecular weight excluding hydrogens is 166 g/mol. The van der Waals surface area contributed by atoms with Gasteiger partial charge in [-0.3, -0.25) is 0 Å². The molecule has 0 aromatic heterocycles. The Kier molecular flexibility index (Phi) is 2.10. The Labute approximate surface area is 65.5 Å². The van der Waals surface area contributed by atoms with E-state index in [4.69, 9.17) is 4.74 Å². The third-order valence-corrected chi connectivity index (χ3v) is 2.79. The summed E-state index contributed by atoms with van der Waals surface area (Å²) in [6, 6.07) is 0. The predicted molar refractivity (Wildman–Crippen MR) is 42.0 cm³/mol. The maximum atomic E-state index is 11.0. The monoisotopic (exact) mass is 175 g/mol. The number of hydrogen-bond acceptors (Lipinski definition) is 4. The molecular formula is C6H9NO3S. The van der Waals surface area contributed by atoms with E-state index in [1.807, 2.05) is 0 Å². The molecule has 62 valence electrons. The van der Waals surface area contributed by atoms with E-state index in [1.54, 1.807) is 0 Å². The zero-order valence-electron chi connectivity index (χ0n) is 6.36. The van der Waals surface area contributed by atoms with E-state index >= 15 is 0 Å². The molecule has 0 bridgehead atoms. The van der Waals surface area contributed by atoms with Gasteiger partial charge in [0, 0.05) is 7.11 Å². The molecule has 0 aromatic carbocycles. The summed E-state index contributed by atoms with van der Waals surface area (Å²) >= 11 is 0. The Balaban J connectivity index is 2.92. The van der Waals surface area contributed by atoms with E-state index in [0.29, 0.717) is 5.70 Å². The molecule has 0 fully saturated rings. The molecule has 0 radical (unpaired) electrons. The van der Waals surface area contributed by atoms with E-state index in [2.05, 4.69) is 4.99 Å². The van der Waals surface area contributed by atoms with E-state index in [0.717, 1.165) is 5.41 Å². The lowest BCUT2D eigenvalue weighted by molar-refractivity contribution is 0.225. The zero-order valence-corrected chi connectivity index (χ0v) is 7.18. The van der Waals surface area contributed by atoms with Crippen LogP contribution in [0.25, 0.3) is 0 Å². The van der Waals surface area contributed by atoms with Crippen LogP contribution in [0.2, 0.25) is 0 Å². The Morgan fingerprint density at radius 1 is 1.64 bits per heavy atom. The van der Waals surface area contributed by atoms with Crippen LogP contribution in [0.3, 0.4) is 0 Å². The number of rotatable bonds is 2. The fourth-order valence-electron chi connectivity index (χ4n) is 0.771. The van der Waals surface area contributed by atoms with Crippen molar-refractivity contribution in [2.75, 3.05) is 13.7 Å². The number of nitrogens with zero attached hydrogens (tertiary/aromatic N) is 1. The van der Waals surface area contributed by atoms with E-state index in [9.17, 15) is 8.42 Å². The summed E-state index contributed by atoms with van der Waals surface area (Å²) in [6.07, 6.45) is 0. The summed E-state index contributed by atoms with van der Waals surface area (Å²) in [5.41, 5.74) is 0.463. The zero-order chi connectivity index (χ0) is 8.48. The summed E-state index contributed by atoms with van der Waals surface area (Å²) in [5.74, 6) is 0. The van der Waals surface area contributed by atoms with Gasteiger partial charge in [-0.15, -0.1) is 0 Å². The van der Waals surface area contributed by atoms with Crippen LogP contribution in [0.4, 0.5) is 0 Å². The third-order valence-electron chi connectivity index (χ3n) is 1.30. The van der Waals surface area contributed by atoms with Gasteiger partial charge in [0.2, 0.25) is 9.84 Å². The summed E-state index contributed by atoms with van der Waals surface area (Å²) in [6.45, 7) is 1.71. The second-order valence-electron chi connectivity index (χ2n) is 2.22. The topological polar surface area (TPSA) is 55.7 Å². The molecule has 1 aliphatic heterocycles. The SMILES string of the molecule is COCC1=CS(=O)(=O)C(C)=N1. The minimum absolute atomic E-state index is 0.143. The average molecular weight is 175 g/mol. The van der Waals surface area contributed by atoms with Gasteiger partial charge in [-0.05, 0) is 6.92 Å². The van der Waals surface area contributed by atoms with Crippen LogP contribution in [-0.2, 0) is 14.6 Å². The fraction of sp³-hybridized carbons (Fsp3) is 0.500. The summed E-state index contributed by atoms with van der Waals surface area (Å²) in [7, 11) is -1.69. The van der Waals surface area contributed by atoms with E-state index < -0.39 is 9.84 Å². The first-order valence-electron chi connectivity index (χ1n) is 3.06. The molecule has 11 heavy (non-hydrogen) atoms. The standard InChI is InChI=1S/C6H9NO3S/c1-5-7-6(3-10-2)4-11(5,8)9/h4H,3H2,1-2H3. The van der Waals surface area contributed by atoms with Crippen molar-refractivity contribution in [3.63, 3.8) is 0 Å². The predicted octanol–water partition coefficient (Wildman–Crippen LogP) is 0.321. The maximum absolute atomic E-state index is 11.0. The molecule has 0 spiro atoms. The van der Waals surface area contributed by atoms with Crippen molar-refractivity contribution in [2.24, 2.45) is 4.99 Å². The van der Waals surface area contributed by atoms with Crippen molar-refractivity contribution < 1.29 is 13.2 Å².